The lowest BCUT2D eigenvalue weighted by molar-refractivity contribution is 0.0188. The van der Waals surface area contributed by atoms with E-state index < -0.39 is 41.6 Å². The molecule has 0 aliphatic heterocycles. The first-order valence-corrected chi connectivity index (χ1v) is 13.7. The molecule has 5 atom stereocenters. The van der Waals surface area contributed by atoms with Crippen molar-refractivity contribution >= 4 is 51.9 Å². The largest absolute Gasteiger partial charge is 0.490 e. The molecule has 2 unspecified atom stereocenters. The fourth-order valence-corrected chi connectivity index (χ4v) is 6.85. The van der Waals surface area contributed by atoms with E-state index in [4.69, 9.17) is 31.6 Å². The molecule has 2 heterocycles. The molecule has 0 spiro atoms. The van der Waals surface area contributed by atoms with Crippen molar-refractivity contribution in [3.05, 3.63) is 17.5 Å². The van der Waals surface area contributed by atoms with Crippen molar-refractivity contribution in [2.75, 3.05) is 12.3 Å². The number of rotatable bonds is 8. The molecule has 32 heavy (non-hydrogen) atoms. The van der Waals surface area contributed by atoms with Crippen LogP contribution in [0.5, 0.6) is 0 Å². The van der Waals surface area contributed by atoms with Gasteiger partial charge >= 0.3 is 23.5 Å². The summed E-state index contributed by atoms with van der Waals surface area (Å²) in [5.74, 6) is 0.174. The molecule has 3 rings (SSSR count). The molecule has 1 fully saturated rings. The average Bonchev–Trinajstić information content (AvgIpc) is 3.12. The summed E-state index contributed by atoms with van der Waals surface area (Å²) in [6.07, 6.45) is 1.06. The third-order valence-electron chi connectivity index (χ3n) is 4.94. The highest BCUT2D eigenvalue weighted by molar-refractivity contribution is 7.66. The number of phosphoric acid groups is 3. The van der Waals surface area contributed by atoms with Crippen LogP contribution >= 0.6 is 35.1 Å². The Kier molecular flexibility index (Phi) is 6.98. The minimum atomic E-state index is -5.63. The molecule has 2 aromatic rings. The monoisotopic (exact) mass is 536 g/mol. The highest BCUT2D eigenvalue weighted by Crippen LogP contribution is 2.66. The van der Waals surface area contributed by atoms with Crippen molar-refractivity contribution < 1.29 is 51.5 Å². The van der Waals surface area contributed by atoms with Crippen LogP contribution in [0.15, 0.2) is 12.3 Å². The smallest absolute Gasteiger partial charge is 0.392 e. The van der Waals surface area contributed by atoms with Crippen molar-refractivity contribution in [3.63, 3.8) is 0 Å². The van der Waals surface area contributed by atoms with Gasteiger partial charge in [0.15, 0.2) is 0 Å². The molecule has 0 amide bonds. The molecule has 0 saturated heterocycles. The van der Waals surface area contributed by atoms with Gasteiger partial charge in [-0.25, -0.2) is 18.7 Å². The first-order chi connectivity index (χ1) is 14.5. The van der Waals surface area contributed by atoms with E-state index in [1.165, 1.54) is 0 Å². The minimum absolute atomic E-state index is 0.0658. The van der Waals surface area contributed by atoms with E-state index >= 15 is 0 Å². The van der Waals surface area contributed by atoms with Gasteiger partial charge in [-0.3, -0.25) is 4.52 Å². The van der Waals surface area contributed by atoms with Crippen LogP contribution in [0.1, 0.15) is 25.8 Å². The molecule has 1 aliphatic rings. The number of nitrogens with zero attached hydrogens (tertiary/aromatic N) is 3. The normalized spacial score (nSPS) is 28.0. The van der Waals surface area contributed by atoms with Crippen molar-refractivity contribution in [2.24, 2.45) is 5.41 Å². The van der Waals surface area contributed by atoms with E-state index in [9.17, 15) is 28.6 Å². The zero-order chi connectivity index (χ0) is 24.1. The Morgan fingerprint density at radius 2 is 1.88 bits per heavy atom. The number of aliphatic hydroxyl groups is 1. The van der Waals surface area contributed by atoms with Gasteiger partial charge in [0.1, 0.15) is 11.5 Å². The van der Waals surface area contributed by atoms with Crippen LogP contribution in [0.2, 0.25) is 5.28 Å². The molecule has 1 aliphatic carbocycles. The van der Waals surface area contributed by atoms with Crippen LogP contribution in [0.25, 0.3) is 11.0 Å². The molecule has 19 heteroatoms. The SMILES string of the molecule is C[C@]1(COP(=O)(O)OP(=O)(O)OP(=O)(O)O)C[C@@H](n2ccc3c(N)nc(Cl)nc32)C[C@@H]1O. The lowest BCUT2D eigenvalue weighted by atomic mass is 9.87. The van der Waals surface area contributed by atoms with Crippen LogP contribution in [0.4, 0.5) is 5.82 Å². The number of hydrogen-bond acceptors (Lipinski definition) is 10. The maximum Gasteiger partial charge on any atom is 0.490 e. The second kappa shape index (κ2) is 8.70. The van der Waals surface area contributed by atoms with E-state index in [-0.39, 0.29) is 30.0 Å². The first kappa shape index (κ1) is 25.7. The lowest BCUT2D eigenvalue weighted by Crippen LogP contribution is -2.31. The summed E-state index contributed by atoms with van der Waals surface area (Å²) in [6.45, 7) is 0.940. The minimum Gasteiger partial charge on any atom is -0.392 e. The number of halogens is 1. The maximum absolute atomic E-state index is 12.0. The van der Waals surface area contributed by atoms with E-state index in [2.05, 4.69) is 18.6 Å². The zero-order valence-corrected chi connectivity index (χ0v) is 19.7. The molecule has 0 bridgehead atoms. The lowest BCUT2D eigenvalue weighted by Gasteiger charge is -2.28. The van der Waals surface area contributed by atoms with Gasteiger partial charge in [0.25, 0.3) is 0 Å². The molecule has 1 saturated carbocycles. The molecule has 7 N–H and O–H groups in total. The molecule has 0 aromatic carbocycles. The highest BCUT2D eigenvalue weighted by atomic mass is 35.5. The molecule has 15 nitrogen and oxygen atoms in total. The summed E-state index contributed by atoms with van der Waals surface area (Å²) in [5, 5.41) is 11.0. The van der Waals surface area contributed by atoms with Gasteiger partial charge in [0, 0.05) is 17.7 Å². The second-order valence-electron chi connectivity index (χ2n) is 7.47. The van der Waals surface area contributed by atoms with Crippen molar-refractivity contribution in [3.8, 4) is 0 Å². The van der Waals surface area contributed by atoms with Gasteiger partial charge in [0.2, 0.25) is 5.28 Å². The van der Waals surface area contributed by atoms with Crippen LogP contribution < -0.4 is 5.73 Å². The zero-order valence-electron chi connectivity index (χ0n) is 16.3. The van der Waals surface area contributed by atoms with Gasteiger partial charge in [-0.1, -0.05) is 6.92 Å². The van der Waals surface area contributed by atoms with E-state index in [0.29, 0.717) is 11.0 Å². The fraction of sp³-hybridized carbons (Fsp3) is 0.538. The van der Waals surface area contributed by atoms with Gasteiger partial charge in [-0.15, -0.1) is 0 Å². The number of anilines is 1. The summed E-state index contributed by atoms with van der Waals surface area (Å²) in [7, 11) is -16.4. The number of fused-ring (bicyclic) bond motifs is 1. The number of nitrogen functional groups attached to an aromatic ring is 1. The molecular formula is C13H20ClN4O11P3. The van der Waals surface area contributed by atoms with Crippen molar-refractivity contribution in [1.82, 2.24) is 14.5 Å². The summed E-state index contributed by atoms with van der Waals surface area (Å²) in [6, 6.07) is 1.33. The van der Waals surface area contributed by atoms with E-state index in [0.717, 1.165) is 0 Å². The quantitative estimate of drug-likeness (QED) is 0.208. The summed E-state index contributed by atoms with van der Waals surface area (Å²) >= 11 is 5.88. The van der Waals surface area contributed by atoms with E-state index in [1.54, 1.807) is 23.8 Å². The number of aromatic nitrogens is 3. The van der Waals surface area contributed by atoms with Gasteiger partial charge in [-0.2, -0.15) is 13.6 Å². The Balaban J connectivity index is 1.73. The Bertz CT molecular complexity index is 1170. The molecular weight excluding hydrogens is 517 g/mol. The number of nitrogens with two attached hydrogens (primary N) is 1. The maximum atomic E-state index is 12.0. The topological polar surface area (TPSA) is 237 Å². The number of hydrogen-bond donors (Lipinski definition) is 6. The second-order valence-corrected chi connectivity index (χ2v) is 12.2. The highest BCUT2D eigenvalue weighted by Gasteiger charge is 2.47. The van der Waals surface area contributed by atoms with Crippen molar-refractivity contribution in [2.45, 2.75) is 31.9 Å². The average molecular weight is 537 g/mol. The van der Waals surface area contributed by atoms with E-state index in [1.807, 2.05) is 0 Å². The van der Waals surface area contributed by atoms with Crippen LogP contribution in [0, 0.1) is 5.41 Å². The van der Waals surface area contributed by atoms with Crippen LogP contribution in [0.3, 0.4) is 0 Å². The predicted octanol–water partition coefficient (Wildman–Crippen LogP) is 1.71. The Morgan fingerprint density at radius 1 is 1.22 bits per heavy atom. The summed E-state index contributed by atoms with van der Waals surface area (Å²) in [4.78, 5) is 44.0. The third-order valence-corrected chi connectivity index (χ3v) is 8.89. The Hall–Kier alpha value is -0.920. The number of aliphatic hydroxyl groups excluding tert-OH is 1. The van der Waals surface area contributed by atoms with Crippen molar-refractivity contribution in [1.29, 1.82) is 0 Å². The Morgan fingerprint density at radius 3 is 2.50 bits per heavy atom. The Labute approximate surface area is 185 Å². The molecule has 2 aromatic heterocycles. The van der Waals surface area contributed by atoms with Gasteiger partial charge in [-0.05, 0) is 30.5 Å². The van der Waals surface area contributed by atoms with Gasteiger partial charge in [0.05, 0.1) is 18.1 Å². The van der Waals surface area contributed by atoms with Crippen LogP contribution in [-0.2, 0) is 26.8 Å². The summed E-state index contributed by atoms with van der Waals surface area (Å²) < 4.78 is 47.9. The molecule has 180 valence electrons. The van der Waals surface area contributed by atoms with Gasteiger partial charge < -0.3 is 35.0 Å². The predicted molar refractivity (Wildman–Crippen MR) is 109 cm³/mol. The summed E-state index contributed by atoms with van der Waals surface area (Å²) in [5.41, 5.74) is 5.15. The standard InChI is InChI=1S/C13H20ClN4O11P3/c1-13(6-27-31(23,24)29-32(25,26)28-30(20,21)22)5-7(4-9(13)19)18-3-2-8-10(15)16-12(14)17-11(8)18/h2-3,7,9,19H,4-6H2,1H3,(H,23,24)(H,25,26)(H2,15,16,17)(H2,20,21,22)/t7-,9-,13+/m0/s1. The number of phosphoric ester groups is 1. The fourth-order valence-electron chi connectivity index (χ4n) is 3.52. The first-order valence-electron chi connectivity index (χ1n) is 8.76. The third kappa shape index (κ3) is 5.95. The molecule has 0 radical (unpaired) electrons. The van der Waals surface area contributed by atoms with Crippen LogP contribution in [-0.4, -0.2) is 51.9 Å².